The summed E-state index contributed by atoms with van der Waals surface area (Å²) in [6, 6.07) is 0. The first-order chi connectivity index (χ1) is 31.4. The van der Waals surface area contributed by atoms with Gasteiger partial charge in [0, 0.05) is 44.6 Å². The molecule has 372 valence electrons. The van der Waals surface area contributed by atoms with Gasteiger partial charge in [0.15, 0.2) is 17.2 Å². The molecule has 0 aromatic carbocycles. The number of rotatable bonds is 15. The molecule has 0 radical (unpaired) electrons. The summed E-state index contributed by atoms with van der Waals surface area (Å²) in [6.45, 7) is 16.6. The van der Waals surface area contributed by atoms with E-state index in [4.69, 9.17) is 43.0 Å². The van der Waals surface area contributed by atoms with E-state index in [0.29, 0.717) is 62.9 Å². The second-order valence-electron chi connectivity index (χ2n) is 21.1. The Hall–Kier alpha value is -2.31. The standard InChI is InChI=1S/C52H80O14/c1-32(13-9-8-11-25-53)31-59-48(57)49(7,58)30-39-16-17-43(55)52(63-39)29-33(2)27-42(64-52)34(3)14-15-38-19-23-51(62-38)24-20-41-47(66-51)44(56)37(6)46(61-41)40(54)28-36(5)45-35(4)18-22-50(65-45)21-10-12-26-60-50/h8-9,13-15,29,34-36,38-47,53-56,58H,6,10-12,16-28,30-31H2,1-5,7H3/b9-8+,15-14+,32-13+/t34-,35-,36+,38+,39+,40+,41-,42+,43-,44-,45+,46+,47-,49-,50+,51-,52-/m1/s1. The number of fused-ring (bicyclic) bond motifs is 1. The maximum Gasteiger partial charge on any atom is 0.338 e. The van der Waals surface area contributed by atoms with Gasteiger partial charge in [0.05, 0.1) is 43.2 Å². The summed E-state index contributed by atoms with van der Waals surface area (Å²) < 4.78 is 51.2. The average Bonchev–Trinajstić information content (AvgIpc) is 3.68. The van der Waals surface area contributed by atoms with Gasteiger partial charge in [-0.25, -0.2) is 4.79 Å². The van der Waals surface area contributed by atoms with Gasteiger partial charge in [-0.2, -0.15) is 0 Å². The first-order valence-electron chi connectivity index (χ1n) is 25.0. The Bertz CT molecular complexity index is 1780. The van der Waals surface area contributed by atoms with Crippen LogP contribution in [0.4, 0.5) is 0 Å². The van der Waals surface area contributed by atoms with E-state index in [-0.39, 0.29) is 49.8 Å². The lowest BCUT2D eigenvalue weighted by Crippen LogP contribution is -2.60. The molecule has 0 unspecified atom stereocenters. The molecule has 14 heteroatoms. The number of ether oxygens (including phenoxy) is 8. The summed E-state index contributed by atoms with van der Waals surface area (Å²) >= 11 is 0. The third-order valence-corrected chi connectivity index (χ3v) is 15.2. The second-order valence-corrected chi connectivity index (χ2v) is 21.1. The normalized spacial score (nSPS) is 41.2. The molecule has 7 aliphatic heterocycles. The van der Waals surface area contributed by atoms with Crippen LogP contribution in [-0.2, 0) is 42.7 Å². The molecule has 66 heavy (non-hydrogen) atoms. The maximum atomic E-state index is 13.0. The van der Waals surface area contributed by atoms with Crippen molar-refractivity contribution in [1.82, 2.24) is 0 Å². The summed E-state index contributed by atoms with van der Waals surface area (Å²) in [5.41, 5.74) is 0.374. The van der Waals surface area contributed by atoms with Gasteiger partial charge in [0.1, 0.15) is 31.0 Å². The Balaban J connectivity index is 0.897. The highest BCUT2D eigenvalue weighted by Crippen LogP contribution is 2.47. The van der Waals surface area contributed by atoms with Gasteiger partial charge in [0.2, 0.25) is 5.79 Å². The number of hydrogen-bond donors (Lipinski definition) is 5. The predicted molar refractivity (Wildman–Crippen MR) is 246 cm³/mol. The molecular formula is C52H80O14. The van der Waals surface area contributed by atoms with Crippen LogP contribution in [0.25, 0.3) is 0 Å². The second kappa shape index (κ2) is 21.8. The molecule has 7 heterocycles. The molecule has 17 atom stereocenters. The van der Waals surface area contributed by atoms with Gasteiger partial charge < -0.3 is 63.4 Å². The summed E-state index contributed by atoms with van der Waals surface area (Å²) in [7, 11) is 0. The van der Waals surface area contributed by atoms with Crippen molar-refractivity contribution in [2.75, 3.05) is 19.8 Å². The van der Waals surface area contributed by atoms with Crippen molar-refractivity contribution in [3.63, 3.8) is 0 Å². The van der Waals surface area contributed by atoms with Crippen molar-refractivity contribution in [2.45, 2.75) is 222 Å². The van der Waals surface area contributed by atoms with Gasteiger partial charge in [0.25, 0.3) is 0 Å². The number of carbonyl (C=O) groups excluding carboxylic acids is 1. The highest BCUT2D eigenvalue weighted by molar-refractivity contribution is 5.78. The van der Waals surface area contributed by atoms with E-state index in [1.165, 1.54) is 6.92 Å². The van der Waals surface area contributed by atoms with Crippen LogP contribution < -0.4 is 0 Å². The third kappa shape index (κ3) is 12.0. The van der Waals surface area contributed by atoms with E-state index in [0.717, 1.165) is 56.3 Å². The minimum absolute atomic E-state index is 0.0140. The molecule has 7 rings (SSSR count). The van der Waals surface area contributed by atoms with Crippen LogP contribution >= 0.6 is 0 Å². The largest absolute Gasteiger partial charge is 0.459 e. The Morgan fingerprint density at radius 3 is 2.55 bits per heavy atom. The average molecular weight is 929 g/mol. The summed E-state index contributed by atoms with van der Waals surface area (Å²) in [5, 5.41) is 54.7. The monoisotopic (exact) mass is 929 g/mol. The van der Waals surface area contributed by atoms with Crippen molar-refractivity contribution in [3.8, 4) is 0 Å². The molecular weight excluding hydrogens is 849 g/mol. The summed E-state index contributed by atoms with van der Waals surface area (Å²) in [5.74, 6) is -3.30. The Morgan fingerprint density at radius 1 is 1.02 bits per heavy atom. The fraction of sp³-hybridized carbons (Fsp3) is 0.788. The number of hydrogen-bond acceptors (Lipinski definition) is 14. The highest BCUT2D eigenvalue weighted by Gasteiger charge is 2.55. The molecule has 0 aromatic rings. The van der Waals surface area contributed by atoms with E-state index in [1.54, 1.807) is 12.2 Å². The SMILES string of the molecule is C=C1[C@@H](O)[C@@H]2O[C@]3(CC[C@H](/C=C/[C@@H](C)[C@@H]4CC(C)=C[C@@]5(O[C@H](C[C@@](C)(O)C(=O)OC/C(C)=C/C=C/CCO)CC[C@H]5O)O4)O3)CC[C@H]2O[C@@H]1[C@@H](O)C[C@H](C)[C@H]1O[C@@]2(CCCCO2)CC[C@H]1C. The highest BCUT2D eigenvalue weighted by atomic mass is 16.7. The number of aliphatic hydroxyl groups excluding tert-OH is 4. The van der Waals surface area contributed by atoms with E-state index >= 15 is 0 Å². The molecule has 0 aliphatic carbocycles. The first-order valence-corrected chi connectivity index (χ1v) is 25.0. The molecule has 0 aromatic heterocycles. The lowest BCUT2D eigenvalue weighted by atomic mass is 9.79. The van der Waals surface area contributed by atoms with E-state index < -0.39 is 71.7 Å². The molecule has 0 saturated carbocycles. The Morgan fingerprint density at radius 2 is 1.79 bits per heavy atom. The van der Waals surface area contributed by atoms with Crippen molar-refractivity contribution < 1.29 is 68.2 Å². The number of aliphatic hydroxyl groups is 5. The van der Waals surface area contributed by atoms with Gasteiger partial charge >= 0.3 is 5.97 Å². The van der Waals surface area contributed by atoms with Crippen LogP contribution in [0.1, 0.15) is 138 Å². The molecule has 0 bridgehead atoms. The first kappa shape index (κ1) is 51.5. The van der Waals surface area contributed by atoms with E-state index in [2.05, 4.69) is 33.4 Å². The summed E-state index contributed by atoms with van der Waals surface area (Å²) in [4.78, 5) is 13.0. The van der Waals surface area contributed by atoms with Crippen molar-refractivity contribution >= 4 is 5.97 Å². The minimum Gasteiger partial charge on any atom is -0.459 e. The molecule has 0 amide bonds. The van der Waals surface area contributed by atoms with Crippen LogP contribution in [0.5, 0.6) is 0 Å². The zero-order valence-corrected chi connectivity index (χ0v) is 40.3. The fourth-order valence-electron chi connectivity index (χ4n) is 11.3. The van der Waals surface area contributed by atoms with Crippen LogP contribution in [0.2, 0.25) is 0 Å². The molecule has 6 saturated heterocycles. The number of allylic oxidation sites excluding steroid dienone is 2. The van der Waals surface area contributed by atoms with Crippen LogP contribution in [0.3, 0.4) is 0 Å². The summed E-state index contributed by atoms with van der Waals surface area (Å²) in [6.07, 6.45) is 15.4. The quantitative estimate of drug-likeness (QED) is 0.0674. The Labute approximate surface area is 392 Å². The molecule has 6 fully saturated rings. The van der Waals surface area contributed by atoms with Crippen molar-refractivity contribution in [3.05, 3.63) is 59.8 Å². The van der Waals surface area contributed by atoms with E-state index in [9.17, 15) is 25.2 Å². The zero-order valence-electron chi connectivity index (χ0n) is 40.3. The number of esters is 1. The van der Waals surface area contributed by atoms with Crippen molar-refractivity contribution in [1.29, 1.82) is 0 Å². The molecule has 5 N–H and O–H groups in total. The lowest BCUT2D eigenvalue weighted by molar-refractivity contribution is -0.321. The van der Waals surface area contributed by atoms with Crippen LogP contribution in [-0.4, -0.2) is 135 Å². The van der Waals surface area contributed by atoms with Gasteiger partial charge in [-0.05, 0) is 114 Å². The topological polar surface area (TPSA) is 192 Å². The third-order valence-electron chi connectivity index (χ3n) is 15.2. The lowest BCUT2D eigenvalue weighted by Gasteiger charge is -2.50. The van der Waals surface area contributed by atoms with Gasteiger partial charge in [-0.15, -0.1) is 0 Å². The smallest absolute Gasteiger partial charge is 0.338 e. The van der Waals surface area contributed by atoms with Crippen LogP contribution in [0, 0.1) is 17.8 Å². The van der Waals surface area contributed by atoms with Gasteiger partial charge in [-0.1, -0.05) is 63.3 Å². The van der Waals surface area contributed by atoms with Crippen molar-refractivity contribution in [2.24, 2.45) is 17.8 Å². The Kier molecular flexibility index (Phi) is 17.0. The zero-order chi connectivity index (χ0) is 47.4. The van der Waals surface area contributed by atoms with Crippen LogP contribution in [0.15, 0.2) is 59.8 Å². The van der Waals surface area contributed by atoms with Gasteiger partial charge in [-0.3, -0.25) is 0 Å². The molecule has 3 spiro atoms. The maximum absolute atomic E-state index is 13.0. The minimum atomic E-state index is -1.83. The number of carbonyl (C=O) groups is 1. The predicted octanol–water partition coefficient (Wildman–Crippen LogP) is 6.56. The molecule has 7 aliphatic rings. The molecule has 14 nitrogen and oxygen atoms in total. The van der Waals surface area contributed by atoms with E-state index in [1.807, 2.05) is 32.1 Å². The fourth-order valence-corrected chi connectivity index (χ4v) is 11.3.